The van der Waals surface area contributed by atoms with Crippen LogP contribution in [0.5, 0.6) is 0 Å². The van der Waals surface area contributed by atoms with Crippen molar-refractivity contribution in [2.24, 2.45) is 0 Å². The maximum absolute atomic E-state index is 13.2. The Morgan fingerprint density at radius 2 is 1.41 bits per heavy atom. The normalized spacial score (nSPS) is 15.7. The molecular weight excluding hydrogens is 452 g/mol. The first kappa shape index (κ1) is 23.5. The first-order valence-electron chi connectivity index (χ1n) is 11.0. The maximum atomic E-state index is 13.2. The van der Waals surface area contributed by atoms with Crippen molar-refractivity contribution in [1.82, 2.24) is 4.31 Å². The molecule has 34 heavy (non-hydrogen) atoms. The van der Waals surface area contributed by atoms with Crippen molar-refractivity contribution in [2.75, 3.05) is 21.7 Å². The molecule has 0 bridgehead atoms. The van der Waals surface area contributed by atoms with Gasteiger partial charge in [-0.15, -0.1) is 0 Å². The van der Waals surface area contributed by atoms with Gasteiger partial charge >= 0.3 is 6.03 Å². The van der Waals surface area contributed by atoms with Crippen LogP contribution in [-0.4, -0.2) is 36.5 Å². The molecule has 1 aliphatic heterocycles. The molecule has 0 saturated heterocycles. The molecule has 0 fully saturated rings. The van der Waals surface area contributed by atoms with Crippen molar-refractivity contribution < 1.29 is 18.0 Å². The highest BCUT2D eigenvalue weighted by Crippen LogP contribution is 2.27. The summed E-state index contributed by atoms with van der Waals surface area (Å²) < 4.78 is 26.8. The smallest absolute Gasteiger partial charge is 0.323 e. The first-order valence-corrected chi connectivity index (χ1v) is 12.6. The topological polar surface area (TPSA) is 108 Å². The lowest BCUT2D eigenvalue weighted by Crippen LogP contribution is -2.51. The predicted molar refractivity (Wildman–Crippen MR) is 133 cm³/mol. The van der Waals surface area contributed by atoms with Crippen molar-refractivity contribution >= 4 is 39.0 Å². The SMILES string of the molecule is CCS(=O)(=O)N1Cc2ccccc2C[C@H]1C(=O)Nc1cccc(NC(=O)Nc2ccccc2)c1. The Morgan fingerprint density at radius 1 is 0.824 bits per heavy atom. The monoisotopic (exact) mass is 478 g/mol. The third-order valence-corrected chi connectivity index (χ3v) is 7.48. The van der Waals surface area contributed by atoms with Gasteiger partial charge in [0.25, 0.3) is 0 Å². The van der Waals surface area contributed by atoms with Crippen molar-refractivity contribution in [3.8, 4) is 0 Å². The Bertz CT molecular complexity index is 1300. The average Bonchev–Trinajstić information content (AvgIpc) is 2.84. The summed E-state index contributed by atoms with van der Waals surface area (Å²) >= 11 is 0. The molecule has 4 rings (SSSR count). The summed E-state index contributed by atoms with van der Waals surface area (Å²) in [6.45, 7) is 1.73. The number of rotatable bonds is 6. The van der Waals surface area contributed by atoms with E-state index in [1.807, 2.05) is 42.5 Å². The number of nitrogens with zero attached hydrogens (tertiary/aromatic N) is 1. The fourth-order valence-electron chi connectivity index (χ4n) is 3.90. The summed E-state index contributed by atoms with van der Waals surface area (Å²) in [5, 5.41) is 8.28. The summed E-state index contributed by atoms with van der Waals surface area (Å²) in [6, 6.07) is 22.0. The fraction of sp³-hybridized carbons (Fsp3) is 0.200. The van der Waals surface area contributed by atoms with E-state index >= 15 is 0 Å². The van der Waals surface area contributed by atoms with Gasteiger partial charge in [0.15, 0.2) is 0 Å². The second-order valence-electron chi connectivity index (χ2n) is 7.95. The second-order valence-corrected chi connectivity index (χ2v) is 10.2. The van der Waals surface area contributed by atoms with Crippen LogP contribution in [0, 0.1) is 0 Å². The lowest BCUT2D eigenvalue weighted by atomic mass is 9.95. The zero-order chi connectivity index (χ0) is 24.1. The Balaban J connectivity index is 1.48. The molecule has 176 valence electrons. The highest BCUT2D eigenvalue weighted by atomic mass is 32.2. The van der Waals surface area contributed by atoms with Crippen LogP contribution in [0.2, 0.25) is 0 Å². The predicted octanol–water partition coefficient (Wildman–Crippen LogP) is 4.05. The van der Waals surface area contributed by atoms with E-state index in [9.17, 15) is 18.0 Å². The van der Waals surface area contributed by atoms with Crippen LogP contribution in [0.15, 0.2) is 78.9 Å². The standard InChI is InChI=1S/C25H26N4O4S/c1-2-34(32,33)29-17-19-10-7-6-9-18(19)15-23(29)24(30)26-21-13-8-14-22(16-21)28-25(31)27-20-11-4-3-5-12-20/h3-14,16,23H,2,15,17H2,1H3,(H,26,30)(H2,27,28,31)/t23-/m0/s1. The minimum atomic E-state index is -3.60. The molecule has 0 aromatic heterocycles. The zero-order valence-electron chi connectivity index (χ0n) is 18.7. The van der Waals surface area contributed by atoms with Crippen LogP contribution in [-0.2, 0) is 27.8 Å². The molecule has 0 radical (unpaired) electrons. The van der Waals surface area contributed by atoms with Gasteiger partial charge in [-0.2, -0.15) is 4.31 Å². The molecule has 9 heteroatoms. The van der Waals surface area contributed by atoms with Crippen LogP contribution in [0.3, 0.4) is 0 Å². The largest absolute Gasteiger partial charge is 0.325 e. The fourth-order valence-corrected chi connectivity index (χ4v) is 5.12. The van der Waals surface area contributed by atoms with Crippen molar-refractivity contribution in [3.63, 3.8) is 0 Å². The molecule has 3 amide bonds. The highest BCUT2D eigenvalue weighted by molar-refractivity contribution is 7.89. The van der Waals surface area contributed by atoms with Gasteiger partial charge in [-0.05, 0) is 54.8 Å². The quantitative estimate of drug-likeness (QED) is 0.497. The molecular formula is C25H26N4O4S. The molecule has 1 aliphatic rings. The number of fused-ring (bicyclic) bond motifs is 1. The second kappa shape index (κ2) is 10.1. The van der Waals surface area contributed by atoms with E-state index in [-0.39, 0.29) is 12.3 Å². The molecule has 1 atom stereocenters. The van der Waals surface area contributed by atoms with Gasteiger partial charge in [0.2, 0.25) is 15.9 Å². The summed E-state index contributed by atoms with van der Waals surface area (Å²) in [6.07, 6.45) is 0.290. The minimum absolute atomic E-state index is 0.0884. The van der Waals surface area contributed by atoms with Crippen LogP contribution < -0.4 is 16.0 Å². The molecule has 0 unspecified atom stereocenters. The number of carbonyl (C=O) groups is 2. The summed E-state index contributed by atoms with van der Waals surface area (Å²) in [5.41, 5.74) is 3.45. The maximum Gasteiger partial charge on any atom is 0.323 e. The highest BCUT2D eigenvalue weighted by Gasteiger charge is 2.37. The van der Waals surface area contributed by atoms with E-state index in [2.05, 4.69) is 16.0 Å². The third kappa shape index (κ3) is 5.44. The van der Waals surface area contributed by atoms with Gasteiger partial charge in [-0.25, -0.2) is 13.2 Å². The Kier molecular flexibility index (Phi) is 6.95. The molecule has 8 nitrogen and oxygen atoms in total. The number of para-hydroxylation sites is 1. The summed E-state index contributed by atoms with van der Waals surface area (Å²) in [7, 11) is -3.60. The number of urea groups is 1. The number of hydrogen-bond acceptors (Lipinski definition) is 4. The first-order chi connectivity index (χ1) is 16.4. The van der Waals surface area contributed by atoms with Gasteiger partial charge < -0.3 is 16.0 Å². The zero-order valence-corrected chi connectivity index (χ0v) is 19.5. The summed E-state index contributed by atoms with van der Waals surface area (Å²) in [4.78, 5) is 25.5. The molecule has 1 heterocycles. The number of benzene rings is 3. The molecule has 0 spiro atoms. The number of hydrogen-bond donors (Lipinski definition) is 3. The number of amides is 3. The van der Waals surface area contributed by atoms with Gasteiger partial charge in [0.05, 0.1) is 5.75 Å². The van der Waals surface area contributed by atoms with Crippen LogP contribution in [0.4, 0.5) is 21.9 Å². The van der Waals surface area contributed by atoms with E-state index in [1.165, 1.54) is 4.31 Å². The summed E-state index contributed by atoms with van der Waals surface area (Å²) in [5.74, 6) is -0.507. The van der Waals surface area contributed by atoms with E-state index in [0.717, 1.165) is 11.1 Å². The van der Waals surface area contributed by atoms with Crippen molar-refractivity contribution in [3.05, 3.63) is 90.0 Å². The number of sulfonamides is 1. The van der Waals surface area contributed by atoms with E-state index in [4.69, 9.17) is 0 Å². The number of anilines is 3. The Morgan fingerprint density at radius 3 is 2.12 bits per heavy atom. The van der Waals surface area contributed by atoms with Crippen LogP contribution >= 0.6 is 0 Å². The lowest BCUT2D eigenvalue weighted by Gasteiger charge is -2.34. The van der Waals surface area contributed by atoms with E-state index < -0.39 is 28.0 Å². The van der Waals surface area contributed by atoms with Crippen LogP contribution in [0.25, 0.3) is 0 Å². The molecule has 3 aromatic carbocycles. The molecule has 3 aromatic rings. The van der Waals surface area contributed by atoms with Crippen LogP contribution in [0.1, 0.15) is 18.1 Å². The minimum Gasteiger partial charge on any atom is -0.325 e. The van der Waals surface area contributed by atoms with E-state index in [1.54, 1.807) is 43.3 Å². The van der Waals surface area contributed by atoms with Crippen molar-refractivity contribution in [1.29, 1.82) is 0 Å². The number of nitrogens with one attached hydrogen (secondary N) is 3. The van der Waals surface area contributed by atoms with Gasteiger partial charge in [-0.1, -0.05) is 48.5 Å². The van der Waals surface area contributed by atoms with Gasteiger partial charge in [0, 0.05) is 23.6 Å². The Hall–Kier alpha value is -3.69. The van der Waals surface area contributed by atoms with Gasteiger partial charge in [0.1, 0.15) is 6.04 Å². The lowest BCUT2D eigenvalue weighted by molar-refractivity contribution is -0.120. The molecule has 0 saturated carbocycles. The number of carbonyl (C=O) groups excluding carboxylic acids is 2. The Labute approximate surface area is 199 Å². The van der Waals surface area contributed by atoms with Gasteiger partial charge in [-0.3, -0.25) is 4.79 Å². The molecule has 3 N–H and O–H groups in total. The van der Waals surface area contributed by atoms with E-state index in [0.29, 0.717) is 23.5 Å². The van der Waals surface area contributed by atoms with Crippen molar-refractivity contribution in [2.45, 2.75) is 25.9 Å². The molecule has 0 aliphatic carbocycles. The average molecular weight is 479 g/mol. The third-order valence-electron chi connectivity index (χ3n) is 5.65.